The Bertz CT molecular complexity index is 2200. The van der Waals surface area contributed by atoms with Crippen molar-refractivity contribution in [2.45, 2.75) is 137 Å². The van der Waals surface area contributed by atoms with E-state index in [1.165, 1.54) is 163 Å². The Kier molecular flexibility index (Phi) is 14.8. The van der Waals surface area contributed by atoms with Crippen molar-refractivity contribution in [2.75, 3.05) is 13.1 Å². The van der Waals surface area contributed by atoms with E-state index in [1.807, 2.05) is 0 Å². The predicted molar refractivity (Wildman–Crippen MR) is 267 cm³/mol. The summed E-state index contributed by atoms with van der Waals surface area (Å²) in [6.45, 7) is 11.4. The average molecular weight is 810 g/mol. The van der Waals surface area contributed by atoms with E-state index in [2.05, 4.69) is 154 Å². The molecule has 5 aliphatic rings. The third kappa shape index (κ3) is 10.9. The van der Waals surface area contributed by atoms with Gasteiger partial charge in [-0.05, 0) is 216 Å². The molecule has 5 unspecified atom stereocenters. The van der Waals surface area contributed by atoms with Gasteiger partial charge < -0.3 is 5.32 Å². The average Bonchev–Trinajstić information content (AvgIpc) is 3.68. The maximum atomic E-state index is 3.76. The number of allylic oxidation sites excluding steroid dienone is 13. The highest BCUT2D eigenvalue weighted by Crippen LogP contribution is 2.45. The second-order valence-corrected chi connectivity index (χ2v) is 19.8. The number of hydrogen-bond acceptors (Lipinski definition) is 1. The fraction of sp³-hybridized carbons (Fsp3) is 0.467. The Morgan fingerprint density at radius 2 is 1.56 bits per heavy atom. The summed E-state index contributed by atoms with van der Waals surface area (Å²) in [7, 11) is 0. The number of nitrogens with one attached hydrogen (secondary N) is 1. The molecule has 0 spiro atoms. The number of hydrogen-bond donors (Lipinski definition) is 1. The Balaban J connectivity index is 1.23. The first-order valence-corrected chi connectivity index (χ1v) is 24.9. The molecule has 61 heavy (non-hydrogen) atoms. The van der Waals surface area contributed by atoms with Gasteiger partial charge in [-0.1, -0.05) is 145 Å². The topological polar surface area (TPSA) is 12.0 Å². The lowest BCUT2D eigenvalue weighted by molar-refractivity contribution is 0.306. The van der Waals surface area contributed by atoms with E-state index in [-0.39, 0.29) is 5.41 Å². The molecule has 2 fully saturated rings. The van der Waals surface area contributed by atoms with Gasteiger partial charge in [0.05, 0.1) is 0 Å². The van der Waals surface area contributed by atoms with E-state index >= 15 is 0 Å². The van der Waals surface area contributed by atoms with Crippen LogP contribution in [0.4, 0.5) is 0 Å². The Morgan fingerprint density at radius 3 is 2.36 bits per heavy atom. The molecule has 320 valence electrons. The van der Waals surface area contributed by atoms with Crippen LogP contribution in [0.25, 0.3) is 44.5 Å². The monoisotopic (exact) mass is 810 g/mol. The van der Waals surface area contributed by atoms with Crippen LogP contribution in [-0.4, -0.2) is 13.1 Å². The number of rotatable bonds is 13. The SMILES string of the molecule is C/C=C\C(=C/C1CCCC1C)c1cc(C2=C/C3CCCC(C/C=C\2)C3)cc(-c2cccc(-c3cc(C4=CC=CC(CCC)(CCCC)C4)cc(/C4=C/CCCCNC4)c3)c2)c1. The molecule has 1 nitrogen and oxygen atoms in total. The maximum absolute atomic E-state index is 3.76. The number of unbranched alkanes of at least 4 members (excludes halogenated alkanes) is 1. The van der Waals surface area contributed by atoms with Crippen molar-refractivity contribution in [3.63, 3.8) is 0 Å². The molecular weight excluding hydrogens is 735 g/mol. The van der Waals surface area contributed by atoms with Crippen LogP contribution < -0.4 is 5.32 Å². The lowest BCUT2D eigenvalue weighted by Crippen LogP contribution is -2.21. The zero-order chi connectivity index (χ0) is 42.0. The van der Waals surface area contributed by atoms with Crippen LogP contribution in [0.3, 0.4) is 0 Å². The Hall–Kier alpha value is -4.20. The third-order valence-electron chi connectivity index (χ3n) is 15.1. The highest BCUT2D eigenvalue weighted by atomic mass is 14.8. The van der Waals surface area contributed by atoms with Crippen LogP contribution in [0, 0.1) is 29.1 Å². The van der Waals surface area contributed by atoms with Gasteiger partial charge in [-0.25, -0.2) is 0 Å². The molecule has 0 amide bonds. The zero-order valence-corrected chi connectivity index (χ0v) is 38.3. The number of fused-ring (bicyclic) bond motifs is 2. The van der Waals surface area contributed by atoms with Gasteiger partial charge in [0.15, 0.2) is 0 Å². The highest BCUT2D eigenvalue weighted by Gasteiger charge is 2.30. The maximum Gasteiger partial charge on any atom is 0.0208 e. The molecule has 5 atom stereocenters. The van der Waals surface area contributed by atoms with Crippen molar-refractivity contribution < 1.29 is 0 Å². The summed E-state index contributed by atoms with van der Waals surface area (Å²) in [5, 5.41) is 3.76. The van der Waals surface area contributed by atoms with Crippen molar-refractivity contribution in [3.05, 3.63) is 144 Å². The van der Waals surface area contributed by atoms with Gasteiger partial charge in [0, 0.05) is 6.54 Å². The van der Waals surface area contributed by atoms with Crippen molar-refractivity contribution in [3.8, 4) is 22.3 Å². The quantitative estimate of drug-likeness (QED) is 0.170. The second kappa shape index (κ2) is 20.8. The van der Waals surface area contributed by atoms with Gasteiger partial charge in [0.1, 0.15) is 0 Å². The van der Waals surface area contributed by atoms with E-state index in [1.54, 1.807) is 0 Å². The molecular formula is C60H75N. The van der Waals surface area contributed by atoms with Gasteiger partial charge >= 0.3 is 0 Å². The Labute approximate surface area is 371 Å². The van der Waals surface area contributed by atoms with E-state index in [9.17, 15) is 0 Å². The molecule has 1 N–H and O–H groups in total. The summed E-state index contributed by atoms with van der Waals surface area (Å²) >= 11 is 0. The van der Waals surface area contributed by atoms with Crippen LogP contribution >= 0.6 is 0 Å². The summed E-state index contributed by atoms with van der Waals surface area (Å²) in [5.41, 5.74) is 16.7. The van der Waals surface area contributed by atoms with Crippen molar-refractivity contribution in [1.29, 1.82) is 0 Å². The molecule has 2 saturated carbocycles. The normalized spacial score (nSPS) is 28.2. The molecule has 3 aromatic carbocycles. The first-order valence-electron chi connectivity index (χ1n) is 24.9. The molecule has 1 aliphatic heterocycles. The number of benzene rings is 3. The minimum atomic E-state index is 0.255. The van der Waals surface area contributed by atoms with Crippen LogP contribution in [0.15, 0.2) is 121 Å². The molecule has 2 bridgehead atoms. The molecule has 4 aliphatic carbocycles. The van der Waals surface area contributed by atoms with E-state index in [0.29, 0.717) is 11.8 Å². The van der Waals surface area contributed by atoms with Crippen LogP contribution in [-0.2, 0) is 0 Å². The fourth-order valence-corrected chi connectivity index (χ4v) is 11.6. The summed E-state index contributed by atoms with van der Waals surface area (Å²) < 4.78 is 0. The molecule has 0 saturated heterocycles. The Morgan fingerprint density at radius 1 is 0.787 bits per heavy atom. The highest BCUT2D eigenvalue weighted by molar-refractivity contribution is 5.87. The molecule has 3 aromatic rings. The summed E-state index contributed by atoms with van der Waals surface area (Å²) in [5.74, 6) is 2.90. The molecule has 0 aromatic heterocycles. The summed E-state index contributed by atoms with van der Waals surface area (Å²) in [4.78, 5) is 0. The van der Waals surface area contributed by atoms with Crippen LogP contribution in [0.1, 0.15) is 159 Å². The van der Waals surface area contributed by atoms with Crippen LogP contribution in [0.5, 0.6) is 0 Å². The lowest BCUT2D eigenvalue weighted by Gasteiger charge is -2.34. The second-order valence-electron chi connectivity index (χ2n) is 19.8. The van der Waals surface area contributed by atoms with Gasteiger partial charge in [-0.3, -0.25) is 0 Å². The lowest BCUT2D eigenvalue weighted by atomic mass is 9.70. The van der Waals surface area contributed by atoms with E-state index < -0.39 is 0 Å². The van der Waals surface area contributed by atoms with Gasteiger partial charge in [0.25, 0.3) is 0 Å². The van der Waals surface area contributed by atoms with E-state index in [0.717, 1.165) is 37.8 Å². The molecule has 0 radical (unpaired) electrons. The van der Waals surface area contributed by atoms with Crippen molar-refractivity contribution in [1.82, 2.24) is 5.32 Å². The fourth-order valence-electron chi connectivity index (χ4n) is 11.6. The van der Waals surface area contributed by atoms with Gasteiger partial charge in [0.2, 0.25) is 0 Å². The molecule has 8 rings (SSSR count). The van der Waals surface area contributed by atoms with Crippen molar-refractivity contribution in [2.24, 2.45) is 29.1 Å². The predicted octanol–water partition coefficient (Wildman–Crippen LogP) is 17.0. The first-order chi connectivity index (χ1) is 29.9. The smallest absolute Gasteiger partial charge is 0.0208 e. The molecule has 1 heteroatoms. The standard InChI is InChI=1S/C60H75N/c1-5-8-29-60(28-7-3)30-16-27-52(42-60)58-39-57(40-59(41-58)53-22-10-9-11-31-61-43-53)51-26-15-25-50(35-51)56-37-54(48(17-6-2)34-47-23-12-18-44(47)4)36-55(38-56)49-24-14-20-45-19-13-21-46(32-45)33-49/h6,14-17,22,24-27,30,33-41,44-47,61H,5,7-13,18-21,23,28-29,31-32,42-43H2,1-4H3/b17-6-,24-14-,48-34+,49-33+,53-22+. The summed E-state index contributed by atoms with van der Waals surface area (Å²) in [6, 6.07) is 24.5. The third-order valence-corrected chi connectivity index (χ3v) is 15.1. The first kappa shape index (κ1) is 43.4. The van der Waals surface area contributed by atoms with Gasteiger partial charge in [-0.2, -0.15) is 0 Å². The minimum Gasteiger partial charge on any atom is -0.313 e. The summed E-state index contributed by atoms with van der Waals surface area (Å²) in [6.07, 6.45) is 46.4. The van der Waals surface area contributed by atoms with E-state index in [4.69, 9.17) is 0 Å². The zero-order valence-electron chi connectivity index (χ0n) is 38.3. The largest absolute Gasteiger partial charge is 0.313 e. The van der Waals surface area contributed by atoms with Crippen LogP contribution in [0.2, 0.25) is 0 Å². The minimum absolute atomic E-state index is 0.255. The van der Waals surface area contributed by atoms with Gasteiger partial charge in [-0.15, -0.1) is 0 Å². The molecule has 1 heterocycles. The van der Waals surface area contributed by atoms with Crippen molar-refractivity contribution >= 4 is 22.3 Å².